The molecule has 0 bridgehead atoms. The van der Waals surface area contributed by atoms with Crippen molar-refractivity contribution < 1.29 is 14.3 Å². The first-order valence-electron chi connectivity index (χ1n) is 7.49. The van der Waals surface area contributed by atoms with Gasteiger partial charge in [0.25, 0.3) is 0 Å². The summed E-state index contributed by atoms with van der Waals surface area (Å²) in [5.74, 6) is 0.0574. The quantitative estimate of drug-likeness (QED) is 0.752. The monoisotopic (exact) mass is 351 g/mol. The fourth-order valence-electron chi connectivity index (χ4n) is 2.48. The lowest BCUT2D eigenvalue weighted by Crippen LogP contribution is -2.42. The summed E-state index contributed by atoms with van der Waals surface area (Å²) in [6, 6.07) is 9.90. The summed E-state index contributed by atoms with van der Waals surface area (Å²) in [7, 11) is 0. The van der Waals surface area contributed by atoms with Crippen molar-refractivity contribution in [1.29, 1.82) is 0 Å². The highest BCUT2D eigenvalue weighted by atomic mass is 32.2. The van der Waals surface area contributed by atoms with Crippen LogP contribution in [0.4, 0.5) is 4.39 Å². The number of thioether (sulfide) groups is 1. The third-order valence-corrected chi connectivity index (χ3v) is 5.99. The largest absolute Gasteiger partial charge is 0.382 e. The van der Waals surface area contributed by atoms with Crippen molar-refractivity contribution in [3.8, 4) is 0 Å². The molecule has 1 atom stereocenters. The average Bonchev–Trinajstić information content (AvgIpc) is 3.27. The van der Waals surface area contributed by atoms with Gasteiger partial charge in [-0.1, -0.05) is 6.07 Å². The van der Waals surface area contributed by atoms with Gasteiger partial charge in [0.15, 0.2) is 0 Å². The van der Waals surface area contributed by atoms with E-state index in [0.717, 1.165) is 22.6 Å². The second kappa shape index (κ2) is 7.03. The van der Waals surface area contributed by atoms with E-state index in [0.29, 0.717) is 0 Å². The van der Waals surface area contributed by atoms with E-state index in [9.17, 15) is 14.3 Å². The van der Waals surface area contributed by atoms with Crippen molar-refractivity contribution in [3.63, 3.8) is 0 Å². The van der Waals surface area contributed by atoms with Crippen LogP contribution in [0.25, 0.3) is 0 Å². The molecule has 1 aromatic heterocycles. The summed E-state index contributed by atoms with van der Waals surface area (Å²) in [5, 5.41) is 15.7. The van der Waals surface area contributed by atoms with Crippen molar-refractivity contribution in [2.45, 2.75) is 23.3 Å². The predicted octanol–water partition coefficient (Wildman–Crippen LogP) is 3.39. The van der Waals surface area contributed by atoms with E-state index < -0.39 is 5.60 Å². The summed E-state index contributed by atoms with van der Waals surface area (Å²) in [6.45, 7) is 0.237. The third-order valence-electron chi connectivity index (χ3n) is 3.94. The van der Waals surface area contributed by atoms with Gasteiger partial charge in [0, 0.05) is 9.77 Å². The molecule has 1 heterocycles. The van der Waals surface area contributed by atoms with Crippen LogP contribution in [0.15, 0.2) is 46.7 Å². The highest BCUT2D eigenvalue weighted by Gasteiger charge is 2.45. The number of benzene rings is 1. The fourth-order valence-corrected chi connectivity index (χ4v) is 4.11. The van der Waals surface area contributed by atoms with Crippen molar-refractivity contribution in [1.82, 2.24) is 5.32 Å². The molecule has 0 unspecified atom stereocenters. The summed E-state index contributed by atoms with van der Waals surface area (Å²) in [4.78, 5) is 13.8. The molecule has 122 valence electrons. The molecule has 1 aromatic carbocycles. The van der Waals surface area contributed by atoms with Gasteiger partial charge < -0.3 is 10.4 Å². The van der Waals surface area contributed by atoms with E-state index in [2.05, 4.69) is 5.32 Å². The molecule has 0 spiro atoms. The van der Waals surface area contributed by atoms with Gasteiger partial charge in [-0.3, -0.25) is 4.79 Å². The lowest BCUT2D eigenvalue weighted by Gasteiger charge is -2.27. The summed E-state index contributed by atoms with van der Waals surface area (Å²) < 4.78 is 12.8. The number of hydrogen-bond donors (Lipinski definition) is 2. The third kappa shape index (κ3) is 4.13. The van der Waals surface area contributed by atoms with Crippen LogP contribution < -0.4 is 5.32 Å². The maximum atomic E-state index is 12.8. The van der Waals surface area contributed by atoms with Gasteiger partial charge in [-0.15, -0.1) is 23.1 Å². The minimum atomic E-state index is -0.954. The van der Waals surface area contributed by atoms with E-state index in [4.69, 9.17) is 0 Å². The standard InChI is InChI=1S/C17H18FNO2S2/c18-13-5-7-14(8-6-13)23-10-16(20)19-11-17(21,12-3-4-12)15-2-1-9-22-15/h1-2,5-9,12,21H,3-4,10-11H2,(H,19,20)/t17-/m0/s1. The maximum absolute atomic E-state index is 12.8. The Morgan fingerprint density at radius 3 is 2.70 bits per heavy atom. The number of hydrogen-bond acceptors (Lipinski definition) is 4. The molecule has 1 fully saturated rings. The maximum Gasteiger partial charge on any atom is 0.230 e. The molecule has 2 aromatic rings. The van der Waals surface area contributed by atoms with Crippen molar-refractivity contribution >= 4 is 29.0 Å². The van der Waals surface area contributed by atoms with Gasteiger partial charge in [-0.25, -0.2) is 4.39 Å². The Kier molecular flexibility index (Phi) is 5.04. The van der Waals surface area contributed by atoms with Crippen molar-refractivity contribution in [2.75, 3.05) is 12.3 Å². The van der Waals surface area contributed by atoms with E-state index in [-0.39, 0.29) is 29.9 Å². The molecule has 6 heteroatoms. The first-order chi connectivity index (χ1) is 11.1. The van der Waals surface area contributed by atoms with E-state index in [1.165, 1.54) is 35.2 Å². The lowest BCUT2D eigenvalue weighted by molar-refractivity contribution is -0.120. The first kappa shape index (κ1) is 16.5. The molecule has 3 rings (SSSR count). The van der Waals surface area contributed by atoms with E-state index in [1.807, 2.05) is 17.5 Å². The molecule has 2 N–H and O–H groups in total. The Labute approximate surface area is 142 Å². The van der Waals surface area contributed by atoms with Gasteiger partial charge in [-0.05, 0) is 54.5 Å². The Balaban J connectivity index is 1.52. The summed E-state index contributed by atoms with van der Waals surface area (Å²) >= 11 is 2.87. The van der Waals surface area contributed by atoms with Gasteiger partial charge in [0.05, 0.1) is 12.3 Å². The minimum Gasteiger partial charge on any atom is -0.382 e. The van der Waals surface area contributed by atoms with Crippen LogP contribution >= 0.6 is 23.1 Å². The normalized spacial score (nSPS) is 16.8. The second-order valence-electron chi connectivity index (χ2n) is 5.70. The molecule has 1 saturated carbocycles. The Morgan fingerprint density at radius 2 is 2.09 bits per heavy atom. The predicted molar refractivity (Wildman–Crippen MR) is 91.1 cm³/mol. The van der Waals surface area contributed by atoms with Crippen LogP contribution in [-0.2, 0) is 10.4 Å². The van der Waals surface area contributed by atoms with Crippen LogP contribution in [0.2, 0.25) is 0 Å². The van der Waals surface area contributed by atoms with Crippen molar-refractivity contribution in [3.05, 3.63) is 52.5 Å². The molecule has 0 radical (unpaired) electrons. The van der Waals surface area contributed by atoms with E-state index in [1.54, 1.807) is 12.1 Å². The molecule has 23 heavy (non-hydrogen) atoms. The Bertz CT molecular complexity index is 656. The Hall–Kier alpha value is -1.37. The van der Waals surface area contributed by atoms with Crippen LogP contribution in [0.3, 0.4) is 0 Å². The fraction of sp³-hybridized carbons (Fsp3) is 0.353. The van der Waals surface area contributed by atoms with Gasteiger partial charge >= 0.3 is 0 Å². The van der Waals surface area contributed by atoms with Crippen LogP contribution in [-0.4, -0.2) is 23.3 Å². The molecule has 1 amide bonds. The number of thiophene rings is 1. The number of carbonyl (C=O) groups is 1. The smallest absolute Gasteiger partial charge is 0.230 e. The first-order valence-corrected chi connectivity index (χ1v) is 9.36. The topological polar surface area (TPSA) is 49.3 Å². The molecule has 1 aliphatic rings. The molecule has 0 aliphatic heterocycles. The number of halogens is 1. The molecule has 3 nitrogen and oxygen atoms in total. The lowest BCUT2D eigenvalue weighted by atomic mass is 9.95. The highest BCUT2D eigenvalue weighted by molar-refractivity contribution is 8.00. The van der Waals surface area contributed by atoms with Crippen LogP contribution in [0.5, 0.6) is 0 Å². The van der Waals surface area contributed by atoms with Gasteiger partial charge in [0.2, 0.25) is 5.91 Å². The van der Waals surface area contributed by atoms with Crippen LogP contribution in [0.1, 0.15) is 17.7 Å². The number of amides is 1. The number of aliphatic hydroxyl groups is 1. The SMILES string of the molecule is O=C(CSc1ccc(F)cc1)NC[C@@](O)(c1cccs1)C1CC1. The zero-order valence-corrected chi connectivity index (χ0v) is 14.1. The highest BCUT2D eigenvalue weighted by Crippen LogP contribution is 2.46. The van der Waals surface area contributed by atoms with Crippen LogP contribution in [0, 0.1) is 11.7 Å². The molecule has 0 saturated heterocycles. The second-order valence-corrected chi connectivity index (χ2v) is 7.69. The average molecular weight is 351 g/mol. The van der Waals surface area contributed by atoms with Crippen molar-refractivity contribution in [2.24, 2.45) is 5.92 Å². The van der Waals surface area contributed by atoms with Gasteiger partial charge in [0.1, 0.15) is 11.4 Å². The molecular weight excluding hydrogens is 333 g/mol. The zero-order valence-electron chi connectivity index (χ0n) is 12.5. The number of carbonyl (C=O) groups excluding carboxylic acids is 1. The molecule has 1 aliphatic carbocycles. The number of rotatable bonds is 7. The summed E-state index contributed by atoms with van der Waals surface area (Å²) in [6.07, 6.45) is 1.99. The van der Waals surface area contributed by atoms with Gasteiger partial charge in [-0.2, -0.15) is 0 Å². The summed E-state index contributed by atoms with van der Waals surface area (Å²) in [5.41, 5.74) is -0.954. The van der Waals surface area contributed by atoms with E-state index >= 15 is 0 Å². The number of nitrogens with one attached hydrogen (secondary N) is 1. The molecular formula is C17H18FNO2S2. The minimum absolute atomic E-state index is 0.130. The zero-order chi connectivity index (χ0) is 16.3. The Morgan fingerprint density at radius 1 is 1.35 bits per heavy atom.